The number of Topliss-reactive ketones (excluding diaryl/α,β-unsaturated/α-hetero) is 1. The first kappa shape index (κ1) is 21.7. The van der Waals surface area contributed by atoms with Gasteiger partial charge in [0.05, 0.1) is 17.7 Å². The second-order valence-electron chi connectivity index (χ2n) is 7.43. The molecule has 0 unspecified atom stereocenters. The van der Waals surface area contributed by atoms with Gasteiger partial charge in [0.2, 0.25) is 5.91 Å². The Morgan fingerprint density at radius 2 is 1.81 bits per heavy atom. The number of methoxy groups -OCH3 is 1. The van der Waals surface area contributed by atoms with Crippen molar-refractivity contribution in [3.63, 3.8) is 0 Å². The molecule has 162 valence electrons. The maximum absolute atomic E-state index is 12.5. The third-order valence-electron chi connectivity index (χ3n) is 5.36. The summed E-state index contributed by atoms with van der Waals surface area (Å²) in [6.07, 6.45) is 0.570. The molecular formula is C23H25N3O3S2. The van der Waals surface area contributed by atoms with Crippen molar-refractivity contribution in [2.45, 2.75) is 19.4 Å². The van der Waals surface area contributed by atoms with Crippen LogP contribution in [0.1, 0.15) is 28.2 Å². The fourth-order valence-corrected chi connectivity index (χ4v) is 5.08. The minimum absolute atomic E-state index is 0.0539. The van der Waals surface area contributed by atoms with Crippen molar-refractivity contribution in [2.75, 3.05) is 33.3 Å². The number of piperazine rings is 1. The zero-order valence-electron chi connectivity index (χ0n) is 17.5. The van der Waals surface area contributed by atoms with Gasteiger partial charge in [0, 0.05) is 56.5 Å². The minimum atomic E-state index is 0.0539. The number of nitrogens with zero attached hydrogens (tertiary/aromatic N) is 3. The van der Waals surface area contributed by atoms with Gasteiger partial charge in [0.15, 0.2) is 5.78 Å². The van der Waals surface area contributed by atoms with Gasteiger partial charge in [0.1, 0.15) is 10.8 Å². The first-order valence-corrected chi connectivity index (χ1v) is 12.0. The Kier molecular flexibility index (Phi) is 7.11. The van der Waals surface area contributed by atoms with Crippen molar-refractivity contribution in [3.8, 4) is 16.3 Å². The summed E-state index contributed by atoms with van der Waals surface area (Å²) in [4.78, 5) is 34.3. The number of thiophene rings is 1. The average Bonchev–Trinajstić information content (AvgIpc) is 3.50. The van der Waals surface area contributed by atoms with Crippen LogP contribution in [0.4, 0.5) is 0 Å². The molecule has 1 aromatic carbocycles. The predicted octanol–water partition coefficient (Wildman–Crippen LogP) is 4.19. The first-order valence-electron chi connectivity index (χ1n) is 10.3. The monoisotopic (exact) mass is 455 g/mol. The van der Waals surface area contributed by atoms with E-state index < -0.39 is 0 Å². The van der Waals surface area contributed by atoms with E-state index in [1.807, 2.05) is 46.7 Å². The summed E-state index contributed by atoms with van der Waals surface area (Å²) in [5.74, 6) is 0.960. The molecule has 0 bridgehead atoms. The maximum atomic E-state index is 12.5. The van der Waals surface area contributed by atoms with E-state index in [0.29, 0.717) is 13.1 Å². The summed E-state index contributed by atoms with van der Waals surface area (Å²) in [5, 5.41) is 4.99. The molecule has 0 spiro atoms. The Labute approximate surface area is 190 Å². The first-order chi connectivity index (χ1) is 15.1. The lowest BCUT2D eigenvalue weighted by Gasteiger charge is -2.34. The molecule has 1 amide bonds. The molecule has 4 rings (SSSR count). The van der Waals surface area contributed by atoms with E-state index in [2.05, 4.69) is 10.3 Å². The summed E-state index contributed by atoms with van der Waals surface area (Å²) in [7, 11) is 1.66. The van der Waals surface area contributed by atoms with Crippen LogP contribution in [0.15, 0.2) is 47.2 Å². The van der Waals surface area contributed by atoms with Crippen molar-refractivity contribution in [1.82, 2.24) is 14.8 Å². The number of aromatic nitrogens is 1. The van der Waals surface area contributed by atoms with E-state index in [0.717, 1.165) is 46.5 Å². The zero-order valence-corrected chi connectivity index (χ0v) is 19.1. The van der Waals surface area contributed by atoms with Crippen LogP contribution in [0.3, 0.4) is 0 Å². The number of benzene rings is 1. The number of hydrogen-bond donors (Lipinski definition) is 0. The molecule has 8 heteroatoms. The minimum Gasteiger partial charge on any atom is -0.497 e. The smallest absolute Gasteiger partial charge is 0.223 e. The summed E-state index contributed by atoms with van der Waals surface area (Å²) < 4.78 is 5.21. The molecule has 6 nitrogen and oxygen atoms in total. The van der Waals surface area contributed by atoms with Crippen molar-refractivity contribution in [1.29, 1.82) is 0 Å². The lowest BCUT2D eigenvalue weighted by Crippen LogP contribution is -2.48. The van der Waals surface area contributed by atoms with Crippen LogP contribution < -0.4 is 4.74 Å². The molecule has 0 radical (unpaired) electrons. The van der Waals surface area contributed by atoms with Crippen LogP contribution in [-0.2, 0) is 11.3 Å². The van der Waals surface area contributed by atoms with Gasteiger partial charge in [-0.25, -0.2) is 4.98 Å². The molecule has 0 saturated carbocycles. The Morgan fingerprint density at radius 3 is 2.48 bits per heavy atom. The van der Waals surface area contributed by atoms with E-state index in [1.165, 1.54) is 11.3 Å². The molecule has 0 N–H and O–H groups in total. The Morgan fingerprint density at radius 1 is 1.03 bits per heavy atom. The van der Waals surface area contributed by atoms with E-state index in [1.54, 1.807) is 18.4 Å². The normalized spacial score (nSPS) is 14.5. The average molecular weight is 456 g/mol. The number of rotatable bonds is 8. The lowest BCUT2D eigenvalue weighted by atomic mass is 10.1. The highest BCUT2D eigenvalue weighted by molar-refractivity contribution is 7.13. The highest BCUT2D eigenvalue weighted by atomic mass is 32.1. The van der Waals surface area contributed by atoms with Crippen molar-refractivity contribution < 1.29 is 14.3 Å². The van der Waals surface area contributed by atoms with Crippen LogP contribution in [0, 0.1) is 0 Å². The number of ether oxygens (including phenoxy) is 1. The topological polar surface area (TPSA) is 62.7 Å². The van der Waals surface area contributed by atoms with Crippen molar-refractivity contribution in [3.05, 3.63) is 57.7 Å². The van der Waals surface area contributed by atoms with Gasteiger partial charge in [-0.3, -0.25) is 14.5 Å². The van der Waals surface area contributed by atoms with Crippen molar-refractivity contribution >= 4 is 34.4 Å². The van der Waals surface area contributed by atoms with Crippen LogP contribution in [0.2, 0.25) is 0 Å². The van der Waals surface area contributed by atoms with Gasteiger partial charge in [0.25, 0.3) is 0 Å². The van der Waals surface area contributed by atoms with Crippen LogP contribution in [0.5, 0.6) is 5.75 Å². The fourth-order valence-electron chi connectivity index (χ4n) is 3.57. The molecule has 1 aliphatic heterocycles. The summed E-state index contributed by atoms with van der Waals surface area (Å²) in [6, 6.07) is 11.6. The third kappa shape index (κ3) is 5.58. The standard InChI is InChI=1S/C23H25N3O3S2/c1-29-19-6-4-17(5-7-19)23-24-18(16-31-23)15-25-10-12-26(13-11-25)22(28)9-8-20(27)21-3-2-14-30-21/h2-7,14,16H,8-13,15H2,1H3. The molecule has 0 atom stereocenters. The van der Waals surface area contributed by atoms with E-state index in [-0.39, 0.29) is 24.5 Å². The maximum Gasteiger partial charge on any atom is 0.223 e. The Balaban J connectivity index is 1.23. The molecule has 3 heterocycles. The second-order valence-corrected chi connectivity index (χ2v) is 9.24. The number of carbonyl (C=O) groups excluding carboxylic acids is 2. The number of carbonyl (C=O) groups is 2. The number of hydrogen-bond acceptors (Lipinski definition) is 7. The van der Waals surface area contributed by atoms with Crippen molar-refractivity contribution in [2.24, 2.45) is 0 Å². The number of amides is 1. The lowest BCUT2D eigenvalue weighted by molar-refractivity contribution is -0.133. The number of ketones is 1. The van der Waals surface area contributed by atoms with Gasteiger partial charge >= 0.3 is 0 Å². The molecule has 1 fully saturated rings. The summed E-state index contributed by atoms with van der Waals surface area (Å²) in [5.41, 5.74) is 2.14. The molecule has 2 aromatic heterocycles. The van der Waals surface area contributed by atoms with Gasteiger partial charge in [-0.1, -0.05) is 6.07 Å². The van der Waals surface area contributed by atoms with E-state index in [9.17, 15) is 9.59 Å². The fraction of sp³-hybridized carbons (Fsp3) is 0.348. The second kappa shape index (κ2) is 10.2. The quantitative estimate of drug-likeness (QED) is 0.477. The van der Waals surface area contributed by atoms with E-state index >= 15 is 0 Å². The van der Waals surface area contributed by atoms with Gasteiger partial charge in [-0.15, -0.1) is 22.7 Å². The SMILES string of the molecule is COc1ccc(-c2nc(CN3CCN(C(=O)CCC(=O)c4cccs4)CC3)cs2)cc1. The largest absolute Gasteiger partial charge is 0.497 e. The molecular weight excluding hydrogens is 430 g/mol. The van der Waals surface area contributed by atoms with Gasteiger partial charge in [-0.2, -0.15) is 0 Å². The highest BCUT2D eigenvalue weighted by Gasteiger charge is 2.22. The predicted molar refractivity (Wildman–Crippen MR) is 124 cm³/mol. The molecule has 3 aromatic rings. The third-order valence-corrected chi connectivity index (χ3v) is 7.21. The Hall–Kier alpha value is -2.55. The van der Waals surface area contributed by atoms with Crippen LogP contribution in [0.25, 0.3) is 10.6 Å². The highest BCUT2D eigenvalue weighted by Crippen LogP contribution is 2.26. The van der Waals surface area contributed by atoms with Gasteiger partial charge in [-0.05, 0) is 35.7 Å². The number of thiazole rings is 1. The summed E-state index contributed by atoms with van der Waals surface area (Å²) in [6.45, 7) is 3.81. The molecule has 1 saturated heterocycles. The molecule has 31 heavy (non-hydrogen) atoms. The van der Waals surface area contributed by atoms with Crippen LogP contribution >= 0.6 is 22.7 Å². The zero-order chi connectivity index (χ0) is 21.6. The summed E-state index contributed by atoms with van der Waals surface area (Å²) >= 11 is 3.07. The van der Waals surface area contributed by atoms with E-state index in [4.69, 9.17) is 9.72 Å². The Bertz CT molecular complexity index is 1010. The molecule has 1 aliphatic rings. The molecule has 0 aliphatic carbocycles. The van der Waals surface area contributed by atoms with Crippen LogP contribution in [-0.4, -0.2) is 59.8 Å². The van der Waals surface area contributed by atoms with Gasteiger partial charge < -0.3 is 9.64 Å².